The Bertz CT molecular complexity index is 353. The number of benzene rings is 1. The van der Waals surface area contributed by atoms with E-state index in [-0.39, 0.29) is 6.10 Å². The number of rotatable bonds is 3. The summed E-state index contributed by atoms with van der Waals surface area (Å²) in [5, 5.41) is 18.4. The lowest BCUT2D eigenvalue weighted by atomic mass is 9.79. The monoisotopic (exact) mass is 228 g/mol. The van der Waals surface area contributed by atoms with E-state index in [1.165, 1.54) is 0 Å². The van der Waals surface area contributed by atoms with Gasteiger partial charge in [-0.2, -0.15) is 0 Å². The van der Waals surface area contributed by atoms with E-state index < -0.39 is 7.12 Å². The van der Waals surface area contributed by atoms with Crippen LogP contribution in [-0.2, 0) is 0 Å². The minimum Gasteiger partial charge on any atom is -0.491 e. The normalized spacial score (nSPS) is 10.6. The fourth-order valence-corrected chi connectivity index (χ4v) is 1.52. The van der Waals surface area contributed by atoms with Gasteiger partial charge in [-0.05, 0) is 32.4 Å². The van der Waals surface area contributed by atoms with Crippen LogP contribution >= 0.6 is 11.6 Å². The Kier molecular flexibility index (Phi) is 4.02. The molecular formula is C10H14BClO3. The minimum absolute atomic E-state index is 0.0599. The molecule has 0 aromatic heterocycles. The molecule has 0 saturated heterocycles. The summed E-state index contributed by atoms with van der Waals surface area (Å²) in [7, 11) is -1.55. The van der Waals surface area contributed by atoms with E-state index in [4.69, 9.17) is 26.4 Å². The lowest BCUT2D eigenvalue weighted by molar-refractivity contribution is 0.241. The standard InChI is InChI=1S/C10H14BClO3/c1-6(2)15-10-5-9(12)8(11(13)14)4-7(10)3/h4-6,13-14H,1-3H3. The summed E-state index contributed by atoms with van der Waals surface area (Å²) in [6.45, 7) is 5.67. The summed E-state index contributed by atoms with van der Waals surface area (Å²) in [5.41, 5.74) is 1.13. The highest BCUT2D eigenvalue weighted by Gasteiger charge is 2.17. The van der Waals surface area contributed by atoms with E-state index in [1.54, 1.807) is 12.1 Å². The van der Waals surface area contributed by atoms with Crippen LogP contribution in [0.3, 0.4) is 0 Å². The molecule has 0 saturated carbocycles. The molecule has 2 N–H and O–H groups in total. The number of halogens is 1. The van der Waals surface area contributed by atoms with Crippen molar-refractivity contribution in [3.8, 4) is 5.75 Å². The van der Waals surface area contributed by atoms with Gasteiger partial charge in [-0.1, -0.05) is 17.7 Å². The maximum atomic E-state index is 9.03. The van der Waals surface area contributed by atoms with Gasteiger partial charge in [-0.3, -0.25) is 0 Å². The molecule has 1 aromatic rings. The lowest BCUT2D eigenvalue weighted by Crippen LogP contribution is -2.31. The Balaban J connectivity index is 3.08. The van der Waals surface area contributed by atoms with Gasteiger partial charge >= 0.3 is 7.12 Å². The molecule has 0 aliphatic rings. The smallest absolute Gasteiger partial charge is 0.489 e. The molecule has 0 aliphatic carbocycles. The fourth-order valence-electron chi connectivity index (χ4n) is 1.26. The average Bonchev–Trinajstić information content (AvgIpc) is 2.09. The zero-order valence-corrected chi connectivity index (χ0v) is 9.75. The van der Waals surface area contributed by atoms with Crippen molar-refractivity contribution in [3.63, 3.8) is 0 Å². The van der Waals surface area contributed by atoms with Crippen molar-refractivity contribution < 1.29 is 14.8 Å². The van der Waals surface area contributed by atoms with Crippen LogP contribution < -0.4 is 10.2 Å². The maximum Gasteiger partial charge on any atom is 0.489 e. The zero-order chi connectivity index (χ0) is 11.6. The second-order valence-electron chi connectivity index (χ2n) is 3.68. The van der Waals surface area contributed by atoms with Crippen LogP contribution in [0.1, 0.15) is 19.4 Å². The van der Waals surface area contributed by atoms with E-state index in [1.807, 2.05) is 20.8 Å². The van der Waals surface area contributed by atoms with E-state index in [9.17, 15) is 0 Å². The zero-order valence-electron chi connectivity index (χ0n) is 8.99. The molecule has 0 fully saturated rings. The van der Waals surface area contributed by atoms with Gasteiger partial charge in [0.15, 0.2) is 0 Å². The van der Waals surface area contributed by atoms with Crippen molar-refractivity contribution >= 4 is 24.2 Å². The van der Waals surface area contributed by atoms with E-state index in [0.717, 1.165) is 5.56 Å². The molecule has 1 aromatic carbocycles. The van der Waals surface area contributed by atoms with Crippen LogP contribution in [0.2, 0.25) is 5.02 Å². The first kappa shape index (κ1) is 12.4. The summed E-state index contributed by atoms with van der Waals surface area (Å²) in [6.07, 6.45) is 0.0599. The van der Waals surface area contributed by atoms with Crippen LogP contribution in [0.25, 0.3) is 0 Å². The number of hydrogen-bond donors (Lipinski definition) is 2. The second-order valence-corrected chi connectivity index (χ2v) is 4.09. The molecule has 0 heterocycles. The Hall–Kier alpha value is -0.705. The van der Waals surface area contributed by atoms with E-state index in [0.29, 0.717) is 16.2 Å². The van der Waals surface area contributed by atoms with Crippen molar-refractivity contribution in [1.82, 2.24) is 0 Å². The largest absolute Gasteiger partial charge is 0.491 e. The van der Waals surface area contributed by atoms with Gasteiger partial charge in [-0.25, -0.2) is 0 Å². The van der Waals surface area contributed by atoms with Gasteiger partial charge in [0.05, 0.1) is 6.10 Å². The summed E-state index contributed by atoms with van der Waals surface area (Å²) >= 11 is 5.88. The number of hydrogen-bond acceptors (Lipinski definition) is 3. The van der Waals surface area contributed by atoms with Crippen LogP contribution in [0.5, 0.6) is 5.75 Å². The SMILES string of the molecule is Cc1cc(B(O)O)c(Cl)cc1OC(C)C. The topological polar surface area (TPSA) is 49.7 Å². The van der Waals surface area contributed by atoms with Crippen LogP contribution in [0, 0.1) is 6.92 Å². The Morgan fingerprint density at radius 1 is 1.33 bits per heavy atom. The van der Waals surface area contributed by atoms with Crippen molar-refractivity contribution in [2.75, 3.05) is 0 Å². The quantitative estimate of drug-likeness (QED) is 0.762. The first-order valence-electron chi connectivity index (χ1n) is 4.74. The van der Waals surface area contributed by atoms with Crippen LogP contribution in [0.15, 0.2) is 12.1 Å². The van der Waals surface area contributed by atoms with E-state index >= 15 is 0 Å². The third-order valence-electron chi connectivity index (χ3n) is 1.94. The summed E-state index contributed by atoms with van der Waals surface area (Å²) < 4.78 is 5.51. The molecule has 3 nitrogen and oxygen atoms in total. The van der Waals surface area contributed by atoms with Gasteiger partial charge in [0.25, 0.3) is 0 Å². The first-order chi connectivity index (χ1) is 6.91. The molecule has 0 unspecified atom stereocenters. The molecule has 0 radical (unpaired) electrons. The lowest BCUT2D eigenvalue weighted by Gasteiger charge is -2.14. The van der Waals surface area contributed by atoms with Crippen molar-refractivity contribution in [1.29, 1.82) is 0 Å². The predicted octanol–water partition coefficient (Wildman–Crippen LogP) is 1.12. The molecule has 0 aliphatic heterocycles. The third kappa shape index (κ3) is 3.13. The van der Waals surface area contributed by atoms with Gasteiger partial charge in [0, 0.05) is 10.5 Å². The summed E-state index contributed by atoms with van der Waals surface area (Å²) in [6, 6.07) is 3.22. The molecule has 0 spiro atoms. The highest BCUT2D eigenvalue weighted by Crippen LogP contribution is 2.22. The third-order valence-corrected chi connectivity index (χ3v) is 2.26. The van der Waals surface area contributed by atoms with Gasteiger partial charge < -0.3 is 14.8 Å². The Morgan fingerprint density at radius 2 is 1.93 bits per heavy atom. The molecular weight excluding hydrogens is 214 g/mol. The van der Waals surface area contributed by atoms with Crippen LogP contribution in [0.4, 0.5) is 0 Å². The highest BCUT2D eigenvalue weighted by molar-refractivity contribution is 6.62. The molecule has 0 atom stereocenters. The summed E-state index contributed by atoms with van der Waals surface area (Å²) in [5.74, 6) is 0.666. The van der Waals surface area contributed by atoms with Crippen molar-refractivity contribution in [2.24, 2.45) is 0 Å². The molecule has 82 valence electrons. The van der Waals surface area contributed by atoms with Crippen molar-refractivity contribution in [2.45, 2.75) is 26.9 Å². The fraction of sp³-hybridized carbons (Fsp3) is 0.400. The number of aryl methyl sites for hydroxylation is 1. The molecule has 0 amide bonds. The minimum atomic E-state index is -1.55. The average molecular weight is 228 g/mol. The van der Waals surface area contributed by atoms with E-state index in [2.05, 4.69) is 0 Å². The second kappa shape index (κ2) is 4.88. The first-order valence-corrected chi connectivity index (χ1v) is 5.12. The Labute approximate surface area is 94.8 Å². The molecule has 1 rings (SSSR count). The maximum absolute atomic E-state index is 9.03. The Morgan fingerprint density at radius 3 is 2.40 bits per heavy atom. The predicted molar refractivity (Wildman–Crippen MR) is 61.8 cm³/mol. The van der Waals surface area contributed by atoms with Crippen LogP contribution in [-0.4, -0.2) is 23.3 Å². The van der Waals surface area contributed by atoms with Gasteiger partial charge in [0.1, 0.15) is 5.75 Å². The van der Waals surface area contributed by atoms with Crippen molar-refractivity contribution in [3.05, 3.63) is 22.7 Å². The molecule has 0 bridgehead atoms. The molecule has 15 heavy (non-hydrogen) atoms. The number of ether oxygens (including phenoxy) is 1. The highest BCUT2D eigenvalue weighted by atomic mass is 35.5. The molecule has 5 heteroatoms. The van der Waals surface area contributed by atoms with Gasteiger partial charge in [-0.15, -0.1) is 0 Å². The summed E-state index contributed by atoms with van der Waals surface area (Å²) in [4.78, 5) is 0. The van der Waals surface area contributed by atoms with Gasteiger partial charge in [0.2, 0.25) is 0 Å².